The first-order valence-electron chi connectivity index (χ1n) is 5.37. The number of hydrogen-bond donors (Lipinski definition) is 0. The summed E-state index contributed by atoms with van der Waals surface area (Å²) in [6.45, 7) is 0. The number of alkyl halides is 4. The van der Waals surface area contributed by atoms with E-state index in [4.69, 9.17) is 0 Å². The minimum atomic E-state index is -5.98. The number of halogens is 6. The zero-order valence-corrected chi connectivity index (χ0v) is 11.0. The number of hydrogen-bond acceptors (Lipinski definition) is 5. The zero-order chi connectivity index (χ0) is 16.7. The molecule has 0 amide bonds. The van der Waals surface area contributed by atoms with Gasteiger partial charge in [-0.1, -0.05) is 0 Å². The topological polar surface area (TPSA) is 69.4 Å². The maximum atomic E-state index is 13.5. The van der Waals surface area contributed by atoms with Crippen LogP contribution in [0.1, 0.15) is 12.3 Å². The normalized spacial score (nSPS) is 20.1. The summed E-state index contributed by atoms with van der Waals surface area (Å²) in [4.78, 5) is 3.16. The second kappa shape index (κ2) is 5.34. The molecule has 22 heavy (non-hydrogen) atoms. The molecule has 0 radical (unpaired) electrons. The third kappa shape index (κ3) is 3.10. The van der Waals surface area contributed by atoms with Crippen LogP contribution in [0.5, 0.6) is 5.88 Å². The van der Waals surface area contributed by atoms with Crippen LogP contribution >= 0.6 is 0 Å². The molecule has 0 fully saturated rings. The molecular weight excluding hydrogens is 344 g/mol. The molecule has 0 bridgehead atoms. The Kier molecular flexibility index (Phi) is 3.98. The van der Waals surface area contributed by atoms with Crippen molar-refractivity contribution in [2.24, 2.45) is 0 Å². The molecule has 2 rings (SSSR count). The molecule has 0 saturated carbocycles. The highest BCUT2D eigenvalue weighted by Gasteiger charge is 2.49. The molecule has 1 aliphatic rings. The minimum absolute atomic E-state index is 0.223. The number of allylic oxidation sites excluding steroid dienone is 4. The van der Waals surface area contributed by atoms with Gasteiger partial charge in [0.25, 0.3) is 5.88 Å². The first kappa shape index (κ1) is 16.4. The summed E-state index contributed by atoms with van der Waals surface area (Å²) in [5, 5.41) is 0. The van der Waals surface area contributed by atoms with Gasteiger partial charge in [-0.15, -0.1) is 0 Å². The Hall–Kier alpha value is -1.98. The molecule has 1 aromatic rings. The lowest BCUT2D eigenvalue weighted by Gasteiger charge is -2.12. The summed E-state index contributed by atoms with van der Waals surface area (Å²) >= 11 is 0. The van der Waals surface area contributed by atoms with Gasteiger partial charge in [0.15, 0.2) is 12.4 Å². The largest absolute Gasteiger partial charge is 0.534 e. The molecule has 0 N–H and O–H groups in total. The van der Waals surface area contributed by atoms with Crippen LogP contribution in [0.15, 0.2) is 28.4 Å². The lowest BCUT2D eigenvalue weighted by atomic mass is 10.0. The Labute approximate surface area is 119 Å². The lowest BCUT2D eigenvalue weighted by molar-refractivity contribution is -0.0501. The monoisotopic (exact) mass is 349 g/mol. The molecule has 0 saturated heterocycles. The molecular formula is C10H5F6NO4S. The van der Waals surface area contributed by atoms with Crippen molar-refractivity contribution in [2.45, 2.75) is 18.1 Å². The smallest absolute Gasteiger partial charge is 0.441 e. The standard InChI is InChI=1S/C10H5F6NO4S/c11-5-2-7(13)6(12)1-4(5)9-17-8(3-20-9)21-22(18,19)10(14,15)16/h2-3,6H,1H2. The molecule has 1 aliphatic carbocycles. The van der Waals surface area contributed by atoms with E-state index in [-0.39, 0.29) is 6.08 Å². The van der Waals surface area contributed by atoms with Crippen molar-refractivity contribution < 1.29 is 43.4 Å². The van der Waals surface area contributed by atoms with E-state index in [0.717, 1.165) is 0 Å². The van der Waals surface area contributed by atoms with Gasteiger partial charge in [-0.3, -0.25) is 0 Å². The van der Waals surface area contributed by atoms with E-state index in [0.29, 0.717) is 6.26 Å². The molecule has 12 heteroatoms. The highest BCUT2D eigenvalue weighted by Crippen LogP contribution is 2.35. The maximum absolute atomic E-state index is 13.5. The molecule has 1 heterocycles. The van der Waals surface area contributed by atoms with Crippen LogP contribution < -0.4 is 4.18 Å². The molecule has 0 aliphatic heterocycles. The SMILES string of the molecule is O=S(=O)(Oc1coc(C2=C(F)C=C(F)C(F)C2)n1)C(F)(F)F. The van der Waals surface area contributed by atoms with E-state index in [2.05, 4.69) is 13.6 Å². The highest BCUT2D eigenvalue weighted by molar-refractivity contribution is 7.87. The van der Waals surface area contributed by atoms with E-state index < -0.39 is 57.2 Å². The van der Waals surface area contributed by atoms with Gasteiger partial charge >= 0.3 is 15.6 Å². The fraction of sp³-hybridized carbons (Fsp3) is 0.300. The Morgan fingerprint density at radius 1 is 1.32 bits per heavy atom. The number of oxazole rings is 1. The minimum Gasteiger partial charge on any atom is -0.441 e. The van der Waals surface area contributed by atoms with Crippen LogP contribution in [0, 0.1) is 0 Å². The van der Waals surface area contributed by atoms with Crippen LogP contribution in [-0.2, 0) is 10.1 Å². The van der Waals surface area contributed by atoms with Gasteiger partial charge in [-0.25, -0.2) is 13.2 Å². The summed E-state index contributed by atoms with van der Waals surface area (Å²) in [5.74, 6) is -4.48. The Morgan fingerprint density at radius 2 is 1.95 bits per heavy atom. The van der Waals surface area contributed by atoms with Crippen molar-refractivity contribution >= 4 is 15.7 Å². The quantitative estimate of drug-likeness (QED) is 0.476. The van der Waals surface area contributed by atoms with E-state index in [1.165, 1.54) is 0 Å². The van der Waals surface area contributed by atoms with Gasteiger partial charge in [0.2, 0.25) is 5.89 Å². The van der Waals surface area contributed by atoms with Gasteiger partial charge in [0, 0.05) is 12.5 Å². The summed E-state index contributed by atoms with van der Waals surface area (Å²) in [7, 11) is -5.98. The van der Waals surface area contributed by atoms with Crippen LogP contribution in [0.4, 0.5) is 26.3 Å². The number of rotatable bonds is 3. The van der Waals surface area contributed by atoms with Crippen LogP contribution in [0.3, 0.4) is 0 Å². The fourth-order valence-corrected chi connectivity index (χ4v) is 1.85. The van der Waals surface area contributed by atoms with Crippen molar-refractivity contribution in [2.75, 3.05) is 0 Å². The molecule has 0 spiro atoms. The predicted molar refractivity (Wildman–Crippen MR) is 58.8 cm³/mol. The first-order chi connectivity index (χ1) is 10.0. The lowest BCUT2D eigenvalue weighted by Crippen LogP contribution is -2.28. The van der Waals surface area contributed by atoms with Crippen LogP contribution in [-0.4, -0.2) is 25.1 Å². The van der Waals surface area contributed by atoms with E-state index in [1.54, 1.807) is 0 Å². The summed E-state index contributed by atoms with van der Waals surface area (Å²) in [6.07, 6.45) is -2.41. The Morgan fingerprint density at radius 3 is 2.55 bits per heavy atom. The van der Waals surface area contributed by atoms with Crippen LogP contribution in [0.2, 0.25) is 0 Å². The van der Waals surface area contributed by atoms with Gasteiger partial charge < -0.3 is 8.60 Å². The third-order valence-electron chi connectivity index (χ3n) is 2.46. The molecule has 1 unspecified atom stereocenters. The van der Waals surface area contributed by atoms with E-state index in [9.17, 15) is 34.8 Å². The molecule has 122 valence electrons. The van der Waals surface area contributed by atoms with Crippen molar-refractivity contribution in [1.82, 2.24) is 4.98 Å². The average molecular weight is 349 g/mol. The average Bonchev–Trinajstić information content (AvgIpc) is 2.80. The molecule has 1 aromatic heterocycles. The van der Waals surface area contributed by atoms with Crippen LogP contribution in [0.25, 0.3) is 5.57 Å². The van der Waals surface area contributed by atoms with Crippen molar-refractivity contribution in [3.63, 3.8) is 0 Å². The summed E-state index contributed by atoms with van der Waals surface area (Å²) < 4.78 is 105. The zero-order valence-electron chi connectivity index (χ0n) is 10.2. The van der Waals surface area contributed by atoms with Gasteiger partial charge in [0.05, 0.1) is 5.57 Å². The van der Waals surface area contributed by atoms with E-state index in [1.807, 2.05) is 0 Å². The molecule has 5 nitrogen and oxygen atoms in total. The summed E-state index contributed by atoms with van der Waals surface area (Å²) in [5.41, 5.74) is -6.27. The Bertz CT molecular complexity index is 748. The molecule has 1 atom stereocenters. The first-order valence-corrected chi connectivity index (χ1v) is 6.78. The second-order valence-electron chi connectivity index (χ2n) is 4.00. The number of aromatic nitrogens is 1. The second-order valence-corrected chi connectivity index (χ2v) is 5.54. The van der Waals surface area contributed by atoms with E-state index >= 15 is 0 Å². The van der Waals surface area contributed by atoms with Gasteiger partial charge in [0.1, 0.15) is 11.7 Å². The third-order valence-corrected chi connectivity index (χ3v) is 3.41. The van der Waals surface area contributed by atoms with Crippen molar-refractivity contribution in [1.29, 1.82) is 0 Å². The Balaban J connectivity index is 2.29. The predicted octanol–water partition coefficient (Wildman–Crippen LogP) is 3.18. The highest BCUT2D eigenvalue weighted by atomic mass is 32.2. The maximum Gasteiger partial charge on any atom is 0.534 e. The van der Waals surface area contributed by atoms with Gasteiger partial charge in [-0.2, -0.15) is 26.6 Å². The molecule has 0 aromatic carbocycles. The fourth-order valence-electron chi connectivity index (χ4n) is 1.46. The van der Waals surface area contributed by atoms with Gasteiger partial charge in [-0.05, 0) is 0 Å². The summed E-state index contributed by atoms with van der Waals surface area (Å²) in [6, 6.07) is 0. The number of nitrogens with zero attached hydrogens (tertiary/aromatic N) is 1. The van der Waals surface area contributed by atoms with Crippen molar-refractivity contribution in [3.8, 4) is 5.88 Å². The van der Waals surface area contributed by atoms with Crippen molar-refractivity contribution in [3.05, 3.63) is 29.9 Å².